The van der Waals surface area contributed by atoms with Crippen molar-refractivity contribution in [3.8, 4) is 0 Å². The summed E-state index contributed by atoms with van der Waals surface area (Å²) in [5, 5.41) is 4.46. The Morgan fingerprint density at radius 3 is 2.63 bits per heavy atom. The van der Waals surface area contributed by atoms with E-state index in [1.165, 1.54) is 23.5 Å². The highest BCUT2D eigenvalue weighted by Crippen LogP contribution is 2.21. The van der Waals surface area contributed by atoms with Crippen LogP contribution in [0.15, 0.2) is 24.3 Å². The summed E-state index contributed by atoms with van der Waals surface area (Å²) in [6.07, 6.45) is 2.33. The van der Waals surface area contributed by atoms with Gasteiger partial charge in [0.25, 0.3) is 0 Å². The first-order valence-electron chi connectivity index (χ1n) is 7.18. The highest BCUT2D eigenvalue weighted by molar-refractivity contribution is 7.99. The average molecular weight is 300 g/mol. The second-order valence-corrected chi connectivity index (χ2v) is 7.01. The minimum absolute atomic E-state index is 0.549. The molecule has 1 unspecified atom stereocenters. The van der Waals surface area contributed by atoms with Gasteiger partial charge in [-0.3, -0.25) is 0 Å². The van der Waals surface area contributed by atoms with E-state index in [1.807, 2.05) is 23.9 Å². The summed E-state index contributed by atoms with van der Waals surface area (Å²) < 4.78 is 0. The summed E-state index contributed by atoms with van der Waals surface area (Å²) in [6.45, 7) is 7.70. The molecule has 0 bridgehead atoms. The van der Waals surface area contributed by atoms with Gasteiger partial charge in [0.15, 0.2) is 0 Å². The normalized spacial score (nSPS) is 12.9. The maximum absolute atomic E-state index is 6.27. The zero-order valence-corrected chi connectivity index (χ0v) is 13.9. The first-order chi connectivity index (χ1) is 9.13. The average Bonchev–Trinajstić information content (AvgIpc) is 2.38. The molecule has 0 aliphatic rings. The van der Waals surface area contributed by atoms with E-state index >= 15 is 0 Å². The van der Waals surface area contributed by atoms with Crippen LogP contribution in [-0.2, 0) is 6.42 Å². The van der Waals surface area contributed by atoms with Gasteiger partial charge in [-0.1, -0.05) is 50.6 Å². The third kappa shape index (κ3) is 7.24. The van der Waals surface area contributed by atoms with E-state index in [1.54, 1.807) is 0 Å². The van der Waals surface area contributed by atoms with Crippen LogP contribution >= 0.6 is 23.4 Å². The van der Waals surface area contributed by atoms with E-state index in [2.05, 4.69) is 38.2 Å². The molecule has 0 aliphatic heterocycles. The van der Waals surface area contributed by atoms with E-state index in [9.17, 15) is 0 Å². The minimum atomic E-state index is 0.549. The highest BCUT2D eigenvalue weighted by Gasteiger charge is 2.12. The van der Waals surface area contributed by atoms with Gasteiger partial charge in [-0.2, -0.15) is 11.8 Å². The monoisotopic (exact) mass is 299 g/mol. The lowest BCUT2D eigenvalue weighted by molar-refractivity contribution is 0.438. The number of benzene rings is 1. The predicted octanol–water partition coefficient (Wildman–Crippen LogP) is 4.64. The maximum atomic E-state index is 6.27. The van der Waals surface area contributed by atoms with Gasteiger partial charge in [-0.15, -0.1) is 0 Å². The van der Waals surface area contributed by atoms with Crippen LogP contribution in [0, 0.1) is 5.92 Å². The fourth-order valence-corrected chi connectivity index (χ4v) is 3.05. The SMILES string of the molecule is CCSCCC(CNC(C)C)Cc1ccccc1Cl. The topological polar surface area (TPSA) is 12.0 Å². The molecule has 0 aromatic heterocycles. The van der Waals surface area contributed by atoms with Crippen LogP contribution in [0.25, 0.3) is 0 Å². The third-order valence-corrected chi connectivity index (χ3v) is 4.46. The van der Waals surface area contributed by atoms with Gasteiger partial charge < -0.3 is 5.32 Å². The molecule has 3 heteroatoms. The molecule has 0 radical (unpaired) electrons. The molecule has 1 nitrogen and oxygen atoms in total. The number of hydrogen-bond acceptors (Lipinski definition) is 2. The van der Waals surface area contributed by atoms with Gasteiger partial charge in [-0.05, 0) is 48.4 Å². The molecule has 1 aromatic rings. The number of nitrogens with one attached hydrogen (secondary N) is 1. The fourth-order valence-electron chi connectivity index (χ4n) is 2.05. The van der Waals surface area contributed by atoms with Crippen LogP contribution in [0.5, 0.6) is 0 Å². The van der Waals surface area contributed by atoms with Crippen molar-refractivity contribution in [2.24, 2.45) is 5.92 Å². The number of halogens is 1. The highest BCUT2D eigenvalue weighted by atomic mass is 35.5. The van der Waals surface area contributed by atoms with Crippen molar-refractivity contribution < 1.29 is 0 Å². The van der Waals surface area contributed by atoms with Crippen molar-refractivity contribution in [1.82, 2.24) is 5.32 Å². The number of hydrogen-bond donors (Lipinski definition) is 1. The van der Waals surface area contributed by atoms with Crippen molar-refractivity contribution in [1.29, 1.82) is 0 Å². The van der Waals surface area contributed by atoms with Crippen LogP contribution < -0.4 is 5.32 Å². The fraction of sp³-hybridized carbons (Fsp3) is 0.625. The molecule has 1 aromatic carbocycles. The second-order valence-electron chi connectivity index (χ2n) is 5.21. The van der Waals surface area contributed by atoms with Gasteiger partial charge in [0.05, 0.1) is 0 Å². The third-order valence-electron chi connectivity index (χ3n) is 3.16. The molecule has 0 fully saturated rings. The van der Waals surface area contributed by atoms with E-state index in [0.717, 1.165) is 18.0 Å². The summed E-state index contributed by atoms with van der Waals surface area (Å²) in [5.41, 5.74) is 1.28. The van der Waals surface area contributed by atoms with Crippen LogP contribution in [0.4, 0.5) is 0 Å². The molecule has 0 heterocycles. The molecule has 0 saturated heterocycles. The van der Waals surface area contributed by atoms with Gasteiger partial charge >= 0.3 is 0 Å². The smallest absolute Gasteiger partial charge is 0.0438 e. The Labute approximate surface area is 127 Å². The van der Waals surface area contributed by atoms with E-state index in [4.69, 9.17) is 11.6 Å². The lowest BCUT2D eigenvalue weighted by Crippen LogP contribution is -2.30. The summed E-state index contributed by atoms with van der Waals surface area (Å²) in [5.74, 6) is 3.11. The van der Waals surface area contributed by atoms with Crippen LogP contribution in [0.1, 0.15) is 32.8 Å². The molecule has 19 heavy (non-hydrogen) atoms. The molecule has 0 spiro atoms. The van der Waals surface area contributed by atoms with E-state index in [0.29, 0.717) is 12.0 Å². The first kappa shape index (κ1) is 16.9. The second kappa shape index (κ2) is 9.68. The Balaban J connectivity index is 2.54. The Bertz CT molecular complexity index is 354. The molecule has 1 rings (SSSR count). The molecule has 1 N–H and O–H groups in total. The molecule has 0 saturated carbocycles. The maximum Gasteiger partial charge on any atom is 0.0438 e. The summed E-state index contributed by atoms with van der Waals surface area (Å²) >= 11 is 8.29. The summed E-state index contributed by atoms with van der Waals surface area (Å²) in [4.78, 5) is 0. The van der Waals surface area contributed by atoms with Crippen molar-refractivity contribution in [2.75, 3.05) is 18.1 Å². The van der Waals surface area contributed by atoms with E-state index in [-0.39, 0.29) is 0 Å². The van der Waals surface area contributed by atoms with Gasteiger partial charge in [0.2, 0.25) is 0 Å². The van der Waals surface area contributed by atoms with Crippen LogP contribution in [0.2, 0.25) is 5.02 Å². The molecule has 108 valence electrons. The Morgan fingerprint density at radius 2 is 2.00 bits per heavy atom. The number of rotatable bonds is 9. The van der Waals surface area contributed by atoms with E-state index < -0.39 is 0 Å². The zero-order chi connectivity index (χ0) is 14.1. The Kier molecular flexibility index (Phi) is 8.60. The van der Waals surface area contributed by atoms with Crippen molar-refractivity contribution >= 4 is 23.4 Å². The zero-order valence-electron chi connectivity index (χ0n) is 12.3. The summed E-state index contributed by atoms with van der Waals surface area (Å²) in [6, 6.07) is 8.77. The quantitative estimate of drug-likeness (QED) is 0.667. The minimum Gasteiger partial charge on any atom is -0.314 e. The van der Waals surface area contributed by atoms with Crippen LogP contribution in [-0.4, -0.2) is 24.1 Å². The molecule has 0 aliphatic carbocycles. The predicted molar refractivity (Wildman–Crippen MR) is 89.4 cm³/mol. The Morgan fingerprint density at radius 1 is 1.26 bits per heavy atom. The lowest BCUT2D eigenvalue weighted by Gasteiger charge is -2.20. The number of thioether (sulfide) groups is 1. The lowest BCUT2D eigenvalue weighted by atomic mass is 9.96. The molecule has 0 amide bonds. The van der Waals surface area contributed by atoms with Crippen molar-refractivity contribution in [2.45, 2.75) is 39.7 Å². The Hall–Kier alpha value is -0.180. The summed E-state index contributed by atoms with van der Waals surface area (Å²) in [7, 11) is 0. The van der Waals surface area contributed by atoms with Crippen LogP contribution in [0.3, 0.4) is 0 Å². The van der Waals surface area contributed by atoms with Gasteiger partial charge in [0, 0.05) is 11.1 Å². The molecular weight excluding hydrogens is 274 g/mol. The van der Waals surface area contributed by atoms with Gasteiger partial charge in [-0.25, -0.2) is 0 Å². The standard InChI is InChI=1S/C16H26ClNS/c1-4-19-10-9-14(12-18-13(2)3)11-15-7-5-6-8-16(15)17/h5-8,13-14,18H,4,9-12H2,1-3H3. The van der Waals surface area contributed by atoms with Crippen molar-refractivity contribution in [3.63, 3.8) is 0 Å². The molecular formula is C16H26ClNS. The van der Waals surface area contributed by atoms with Crippen molar-refractivity contribution in [3.05, 3.63) is 34.9 Å². The first-order valence-corrected chi connectivity index (χ1v) is 8.71. The van der Waals surface area contributed by atoms with Gasteiger partial charge in [0.1, 0.15) is 0 Å². The largest absolute Gasteiger partial charge is 0.314 e. The molecule has 1 atom stereocenters.